The quantitative estimate of drug-likeness (QED) is 0.832. The predicted molar refractivity (Wildman–Crippen MR) is 88.1 cm³/mol. The van der Waals surface area contributed by atoms with Crippen LogP contribution in [-0.4, -0.2) is 33.6 Å². The summed E-state index contributed by atoms with van der Waals surface area (Å²) in [6.45, 7) is 2.24. The number of rotatable bonds is 6. The van der Waals surface area contributed by atoms with Gasteiger partial charge in [-0.2, -0.15) is 13.2 Å². The van der Waals surface area contributed by atoms with Crippen molar-refractivity contribution in [2.24, 2.45) is 0 Å². The van der Waals surface area contributed by atoms with Gasteiger partial charge in [0.05, 0.1) is 31.1 Å². The number of ether oxygens (including phenoxy) is 1. The highest BCUT2D eigenvalue weighted by atomic mass is 32.1. The van der Waals surface area contributed by atoms with Crippen molar-refractivity contribution in [3.63, 3.8) is 0 Å². The molecule has 1 unspecified atom stereocenters. The number of aliphatic hydroxyl groups excluding tert-OH is 1. The van der Waals surface area contributed by atoms with Crippen molar-refractivity contribution < 1.29 is 23.0 Å². The van der Waals surface area contributed by atoms with Gasteiger partial charge in [0.1, 0.15) is 4.83 Å². The Morgan fingerprint density at radius 2 is 1.92 bits per heavy atom. The first kappa shape index (κ1) is 19.7. The van der Waals surface area contributed by atoms with Crippen LogP contribution in [0.25, 0.3) is 10.2 Å². The third-order valence-corrected chi connectivity index (χ3v) is 5.30. The molecule has 0 aliphatic heterocycles. The summed E-state index contributed by atoms with van der Waals surface area (Å²) in [7, 11) is 1.41. The van der Waals surface area contributed by atoms with Gasteiger partial charge >= 0.3 is 11.9 Å². The molecule has 0 aliphatic carbocycles. The van der Waals surface area contributed by atoms with Crippen molar-refractivity contribution in [1.82, 2.24) is 9.13 Å². The molecule has 0 radical (unpaired) electrons. The highest BCUT2D eigenvalue weighted by molar-refractivity contribution is 7.18. The first-order valence-electron chi connectivity index (χ1n) is 7.56. The number of nitrogens with zero attached hydrogens (tertiary/aromatic N) is 2. The van der Waals surface area contributed by atoms with Gasteiger partial charge in [0.25, 0.3) is 5.56 Å². The standard InChI is InChI=1S/C15H19F3N2O4S/c1-8(24-3)6-20-12(22)11-9(2)10(7-21)25-13(11)19(14(20)23)5-4-15(16,17)18/h8,21H,4-7H2,1-3H3. The summed E-state index contributed by atoms with van der Waals surface area (Å²) in [5.41, 5.74) is -0.913. The molecule has 0 fully saturated rings. The molecule has 0 saturated heterocycles. The third kappa shape index (κ3) is 3.96. The number of hydrogen-bond donors (Lipinski definition) is 1. The lowest BCUT2D eigenvalue weighted by Crippen LogP contribution is -2.42. The van der Waals surface area contributed by atoms with Gasteiger partial charge in [0, 0.05) is 18.5 Å². The number of methoxy groups -OCH3 is 1. The fourth-order valence-corrected chi connectivity index (χ4v) is 3.69. The molecule has 0 saturated carbocycles. The second-order valence-electron chi connectivity index (χ2n) is 5.75. The Balaban J connectivity index is 2.75. The molecule has 10 heteroatoms. The van der Waals surface area contributed by atoms with E-state index in [2.05, 4.69) is 0 Å². The van der Waals surface area contributed by atoms with Gasteiger partial charge in [-0.15, -0.1) is 11.3 Å². The number of halogens is 3. The number of aliphatic hydroxyl groups is 1. The summed E-state index contributed by atoms with van der Waals surface area (Å²) in [5.74, 6) is 0. The van der Waals surface area contributed by atoms with Crippen molar-refractivity contribution >= 4 is 21.6 Å². The first-order valence-corrected chi connectivity index (χ1v) is 8.38. The van der Waals surface area contributed by atoms with Gasteiger partial charge in [-0.05, 0) is 19.4 Å². The molecule has 2 rings (SSSR count). The van der Waals surface area contributed by atoms with E-state index in [1.165, 1.54) is 7.11 Å². The van der Waals surface area contributed by atoms with Crippen molar-refractivity contribution in [3.05, 3.63) is 31.3 Å². The van der Waals surface area contributed by atoms with E-state index in [4.69, 9.17) is 4.74 Å². The van der Waals surface area contributed by atoms with E-state index in [1.54, 1.807) is 13.8 Å². The first-order chi connectivity index (χ1) is 11.6. The Kier molecular flexibility index (Phi) is 5.75. The fraction of sp³-hybridized carbons (Fsp3) is 0.600. The number of thiophene rings is 1. The van der Waals surface area contributed by atoms with Crippen LogP contribution in [0.2, 0.25) is 0 Å². The minimum absolute atomic E-state index is 0.0696. The molecule has 1 atom stereocenters. The monoisotopic (exact) mass is 380 g/mol. The number of hydrogen-bond acceptors (Lipinski definition) is 5. The lowest BCUT2D eigenvalue weighted by molar-refractivity contribution is -0.136. The summed E-state index contributed by atoms with van der Waals surface area (Å²) in [6.07, 6.45) is -6.08. The number of fused-ring (bicyclic) bond motifs is 1. The second-order valence-corrected chi connectivity index (χ2v) is 6.83. The summed E-state index contributed by atoms with van der Waals surface area (Å²) < 4.78 is 44.8. The Morgan fingerprint density at radius 3 is 2.44 bits per heavy atom. The Hall–Kier alpha value is -1.65. The molecule has 2 aromatic heterocycles. The lowest BCUT2D eigenvalue weighted by atomic mass is 10.2. The van der Waals surface area contributed by atoms with Crippen LogP contribution in [0.5, 0.6) is 0 Å². The molecule has 140 valence electrons. The second kappa shape index (κ2) is 7.30. The maximum Gasteiger partial charge on any atom is 0.390 e. The minimum atomic E-state index is -4.43. The zero-order valence-corrected chi connectivity index (χ0v) is 14.8. The molecule has 6 nitrogen and oxygen atoms in total. The molecule has 0 aliphatic rings. The van der Waals surface area contributed by atoms with E-state index in [1.807, 2.05) is 0 Å². The summed E-state index contributed by atoms with van der Waals surface area (Å²) in [5, 5.41) is 9.56. The van der Waals surface area contributed by atoms with Crippen LogP contribution < -0.4 is 11.2 Å². The largest absolute Gasteiger partial charge is 0.391 e. The Morgan fingerprint density at radius 1 is 1.28 bits per heavy atom. The fourth-order valence-electron chi connectivity index (χ4n) is 2.52. The summed E-state index contributed by atoms with van der Waals surface area (Å²) in [6, 6.07) is 0. The van der Waals surface area contributed by atoms with Crippen molar-refractivity contribution in [1.29, 1.82) is 0 Å². The molecule has 0 spiro atoms. The molecule has 0 amide bonds. The van der Waals surface area contributed by atoms with Crippen LogP contribution in [0, 0.1) is 6.92 Å². The molecule has 25 heavy (non-hydrogen) atoms. The highest BCUT2D eigenvalue weighted by Gasteiger charge is 2.28. The Labute approximate surface area is 145 Å². The Bertz CT molecular complexity index is 882. The van der Waals surface area contributed by atoms with E-state index in [0.717, 1.165) is 20.5 Å². The van der Waals surface area contributed by atoms with Crippen LogP contribution in [0.15, 0.2) is 9.59 Å². The topological polar surface area (TPSA) is 73.5 Å². The number of aromatic nitrogens is 2. The molecule has 0 aromatic carbocycles. The normalized spacial score (nSPS) is 13.6. The van der Waals surface area contributed by atoms with Gasteiger partial charge in [0.2, 0.25) is 0 Å². The van der Waals surface area contributed by atoms with Gasteiger partial charge in [-0.25, -0.2) is 4.79 Å². The minimum Gasteiger partial charge on any atom is -0.391 e. The van der Waals surface area contributed by atoms with E-state index < -0.39 is 36.5 Å². The molecule has 1 N–H and O–H groups in total. The van der Waals surface area contributed by atoms with Gasteiger partial charge < -0.3 is 9.84 Å². The molecular weight excluding hydrogens is 361 g/mol. The predicted octanol–water partition coefficient (Wildman–Crippen LogP) is 2.01. The van der Waals surface area contributed by atoms with Crippen LogP contribution in [0.3, 0.4) is 0 Å². The van der Waals surface area contributed by atoms with E-state index in [-0.39, 0.29) is 23.4 Å². The van der Waals surface area contributed by atoms with Crippen LogP contribution >= 0.6 is 11.3 Å². The van der Waals surface area contributed by atoms with E-state index in [9.17, 15) is 27.9 Å². The maximum atomic E-state index is 12.7. The van der Waals surface area contributed by atoms with Gasteiger partial charge in [-0.1, -0.05) is 0 Å². The lowest BCUT2D eigenvalue weighted by Gasteiger charge is -2.15. The van der Waals surface area contributed by atoms with Crippen LogP contribution in [0.4, 0.5) is 13.2 Å². The smallest absolute Gasteiger partial charge is 0.390 e. The third-order valence-electron chi connectivity index (χ3n) is 4.00. The number of aryl methyl sites for hydroxylation is 2. The molecule has 0 bridgehead atoms. The van der Waals surface area contributed by atoms with Gasteiger partial charge in [0.15, 0.2) is 0 Å². The zero-order valence-electron chi connectivity index (χ0n) is 14.0. The average Bonchev–Trinajstić information content (AvgIpc) is 2.86. The average molecular weight is 380 g/mol. The van der Waals surface area contributed by atoms with Crippen LogP contribution in [-0.2, 0) is 24.4 Å². The molecule has 2 heterocycles. The van der Waals surface area contributed by atoms with Crippen molar-refractivity contribution in [2.75, 3.05) is 7.11 Å². The van der Waals surface area contributed by atoms with Crippen molar-refractivity contribution in [2.45, 2.75) is 52.2 Å². The molecule has 2 aromatic rings. The van der Waals surface area contributed by atoms with E-state index >= 15 is 0 Å². The SMILES string of the molecule is COC(C)Cn1c(=O)c2c(C)c(CO)sc2n(CCC(F)(F)F)c1=O. The summed E-state index contributed by atoms with van der Waals surface area (Å²) >= 11 is 0.964. The number of alkyl halides is 3. The highest BCUT2D eigenvalue weighted by Crippen LogP contribution is 2.29. The van der Waals surface area contributed by atoms with Crippen LogP contribution in [0.1, 0.15) is 23.8 Å². The summed E-state index contributed by atoms with van der Waals surface area (Å²) in [4.78, 5) is 25.9. The molecular formula is C15H19F3N2O4S. The maximum absolute atomic E-state index is 12.7. The zero-order chi connectivity index (χ0) is 18.9. The van der Waals surface area contributed by atoms with E-state index in [0.29, 0.717) is 10.4 Å². The van der Waals surface area contributed by atoms with Gasteiger partial charge in [-0.3, -0.25) is 13.9 Å². The van der Waals surface area contributed by atoms with Crippen molar-refractivity contribution in [3.8, 4) is 0 Å².